The van der Waals surface area contributed by atoms with Crippen LogP contribution < -0.4 is 10.5 Å². The fraction of sp³-hybridized carbons (Fsp3) is 0.0714. The lowest BCUT2D eigenvalue weighted by Crippen LogP contribution is -1.96. The molecule has 0 aliphatic heterocycles. The van der Waals surface area contributed by atoms with E-state index in [4.69, 9.17) is 27.3 Å². The van der Waals surface area contributed by atoms with Crippen LogP contribution in [0.1, 0.15) is 11.1 Å². The Morgan fingerprint density at radius 1 is 1.22 bits per heavy atom. The molecule has 0 spiro atoms. The first-order chi connectivity index (χ1) is 8.74. The van der Waals surface area contributed by atoms with E-state index in [9.17, 15) is 0 Å². The lowest BCUT2D eigenvalue weighted by Gasteiger charge is -2.09. The first-order valence-corrected chi connectivity index (χ1v) is 5.78. The quantitative estimate of drug-likeness (QED) is 0.917. The van der Waals surface area contributed by atoms with Crippen LogP contribution in [0.4, 0.5) is 0 Å². The minimum atomic E-state index is 0.331. The summed E-state index contributed by atoms with van der Waals surface area (Å²) in [6.07, 6.45) is 0. The Morgan fingerprint density at radius 3 is 2.72 bits per heavy atom. The first-order valence-electron chi connectivity index (χ1n) is 5.40. The molecule has 18 heavy (non-hydrogen) atoms. The summed E-state index contributed by atoms with van der Waals surface area (Å²) in [5, 5.41) is 9.42. The average molecular weight is 259 g/mol. The van der Waals surface area contributed by atoms with Crippen molar-refractivity contribution in [1.29, 1.82) is 5.26 Å². The third-order valence-corrected chi connectivity index (χ3v) is 2.76. The van der Waals surface area contributed by atoms with E-state index in [2.05, 4.69) is 0 Å². The second-order valence-electron chi connectivity index (χ2n) is 3.68. The molecule has 0 unspecified atom stereocenters. The van der Waals surface area contributed by atoms with E-state index in [1.54, 1.807) is 24.3 Å². The van der Waals surface area contributed by atoms with Gasteiger partial charge in [0.05, 0.1) is 5.02 Å². The van der Waals surface area contributed by atoms with Crippen LogP contribution >= 0.6 is 11.6 Å². The van der Waals surface area contributed by atoms with E-state index in [0.29, 0.717) is 28.6 Å². The number of benzene rings is 2. The number of rotatable bonds is 3. The minimum Gasteiger partial charge on any atom is -0.456 e. The van der Waals surface area contributed by atoms with Crippen LogP contribution in [-0.4, -0.2) is 0 Å². The van der Waals surface area contributed by atoms with Crippen LogP contribution in [0.15, 0.2) is 42.5 Å². The molecule has 0 fully saturated rings. The van der Waals surface area contributed by atoms with Gasteiger partial charge in [-0.3, -0.25) is 0 Å². The molecule has 0 saturated carbocycles. The van der Waals surface area contributed by atoms with Gasteiger partial charge in [-0.05, 0) is 29.8 Å². The van der Waals surface area contributed by atoms with Gasteiger partial charge in [-0.15, -0.1) is 0 Å². The molecule has 0 aliphatic carbocycles. The van der Waals surface area contributed by atoms with Gasteiger partial charge in [0.2, 0.25) is 0 Å². The largest absolute Gasteiger partial charge is 0.456 e. The maximum absolute atomic E-state index is 9.04. The van der Waals surface area contributed by atoms with Gasteiger partial charge in [0.1, 0.15) is 23.1 Å². The molecule has 2 rings (SSSR count). The summed E-state index contributed by atoms with van der Waals surface area (Å²) in [6, 6.07) is 14.5. The standard InChI is InChI=1S/C14H11ClN2O/c15-13-5-2-6-14(12(13)9-17)18-11-4-1-3-10(7-11)8-16/h1-7H,8,16H2. The molecule has 3 nitrogen and oxygen atoms in total. The summed E-state index contributed by atoms with van der Waals surface area (Å²) in [5.41, 5.74) is 6.86. The molecule has 0 atom stereocenters. The number of nitrogens with two attached hydrogens (primary N) is 1. The molecule has 2 aromatic carbocycles. The van der Waals surface area contributed by atoms with Gasteiger partial charge in [-0.1, -0.05) is 29.8 Å². The third-order valence-electron chi connectivity index (χ3n) is 2.45. The lowest BCUT2D eigenvalue weighted by atomic mass is 10.2. The summed E-state index contributed by atoms with van der Waals surface area (Å²) < 4.78 is 5.66. The van der Waals surface area contributed by atoms with Crippen molar-refractivity contribution in [1.82, 2.24) is 0 Å². The van der Waals surface area contributed by atoms with Crippen molar-refractivity contribution in [2.45, 2.75) is 6.54 Å². The van der Waals surface area contributed by atoms with Crippen molar-refractivity contribution < 1.29 is 4.74 Å². The summed E-state index contributed by atoms with van der Waals surface area (Å²) >= 11 is 5.93. The van der Waals surface area contributed by atoms with Crippen molar-refractivity contribution in [3.05, 3.63) is 58.6 Å². The molecule has 0 saturated heterocycles. The highest BCUT2D eigenvalue weighted by atomic mass is 35.5. The topological polar surface area (TPSA) is 59.0 Å². The van der Waals surface area contributed by atoms with E-state index in [1.807, 2.05) is 24.3 Å². The molecule has 0 bridgehead atoms. The van der Waals surface area contributed by atoms with Crippen molar-refractivity contribution in [2.24, 2.45) is 5.73 Å². The van der Waals surface area contributed by atoms with Crippen LogP contribution in [0, 0.1) is 11.3 Å². The molecule has 0 aromatic heterocycles. The molecule has 2 aromatic rings. The third kappa shape index (κ3) is 2.62. The predicted molar refractivity (Wildman–Crippen MR) is 70.6 cm³/mol. The average Bonchev–Trinajstić information content (AvgIpc) is 2.39. The van der Waals surface area contributed by atoms with E-state index in [0.717, 1.165) is 5.56 Å². The highest BCUT2D eigenvalue weighted by molar-refractivity contribution is 6.31. The van der Waals surface area contributed by atoms with Gasteiger partial charge >= 0.3 is 0 Å². The SMILES string of the molecule is N#Cc1c(Cl)cccc1Oc1cccc(CN)c1. The van der Waals surface area contributed by atoms with Crippen molar-refractivity contribution >= 4 is 11.6 Å². The molecule has 4 heteroatoms. The van der Waals surface area contributed by atoms with E-state index >= 15 is 0 Å². The Hall–Kier alpha value is -2.02. The molecule has 0 aliphatic rings. The van der Waals surface area contributed by atoms with Crippen LogP contribution in [0.25, 0.3) is 0 Å². The normalized spacial score (nSPS) is 9.83. The molecule has 0 radical (unpaired) electrons. The number of nitriles is 1. The van der Waals surface area contributed by atoms with E-state index < -0.39 is 0 Å². The summed E-state index contributed by atoms with van der Waals surface area (Å²) in [7, 11) is 0. The Morgan fingerprint density at radius 2 is 2.00 bits per heavy atom. The Labute approximate surface area is 110 Å². The molecule has 90 valence electrons. The van der Waals surface area contributed by atoms with Gasteiger partial charge in [-0.2, -0.15) is 5.26 Å². The Kier molecular flexibility index (Phi) is 3.83. The highest BCUT2D eigenvalue weighted by Crippen LogP contribution is 2.29. The minimum absolute atomic E-state index is 0.331. The van der Waals surface area contributed by atoms with E-state index in [1.165, 1.54) is 0 Å². The van der Waals surface area contributed by atoms with E-state index in [-0.39, 0.29) is 0 Å². The number of hydrogen-bond acceptors (Lipinski definition) is 3. The zero-order valence-electron chi connectivity index (χ0n) is 9.56. The summed E-state index contributed by atoms with van der Waals surface area (Å²) in [5.74, 6) is 1.08. The van der Waals surface area contributed by atoms with Gasteiger partial charge in [-0.25, -0.2) is 0 Å². The van der Waals surface area contributed by atoms with Gasteiger partial charge in [0.25, 0.3) is 0 Å². The fourth-order valence-corrected chi connectivity index (χ4v) is 1.77. The molecule has 0 amide bonds. The molecule has 2 N–H and O–H groups in total. The first kappa shape index (κ1) is 12.4. The Balaban J connectivity index is 2.34. The van der Waals surface area contributed by atoms with Crippen LogP contribution in [0.5, 0.6) is 11.5 Å². The number of hydrogen-bond donors (Lipinski definition) is 1. The highest BCUT2D eigenvalue weighted by Gasteiger charge is 2.08. The smallest absolute Gasteiger partial charge is 0.146 e. The zero-order chi connectivity index (χ0) is 13.0. The second-order valence-corrected chi connectivity index (χ2v) is 4.09. The zero-order valence-corrected chi connectivity index (χ0v) is 10.3. The number of ether oxygens (including phenoxy) is 1. The number of nitrogens with zero attached hydrogens (tertiary/aromatic N) is 1. The van der Waals surface area contributed by atoms with Crippen molar-refractivity contribution in [3.63, 3.8) is 0 Å². The Bertz CT molecular complexity index is 605. The lowest BCUT2D eigenvalue weighted by molar-refractivity contribution is 0.480. The van der Waals surface area contributed by atoms with Crippen molar-refractivity contribution in [3.8, 4) is 17.6 Å². The summed E-state index contributed by atoms with van der Waals surface area (Å²) in [6.45, 7) is 0.442. The maximum atomic E-state index is 9.04. The second kappa shape index (κ2) is 5.54. The summed E-state index contributed by atoms with van der Waals surface area (Å²) in [4.78, 5) is 0. The van der Waals surface area contributed by atoms with Crippen molar-refractivity contribution in [2.75, 3.05) is 0 Å². The predicted octanol–water partition coefficient (Wildman–Crippen LogP) is 3.46. The molecule has 0 heterocycles. The monoisotopic (exact) mass is 258 g/mol. The van der Waals surface area contributed by atoms with Crippen LogP contribution in [-0.2, 0) is 6.54 Å². The maximum Gasteiger partial charge on any atom is 0.146 e. The number of halogens is 1. The van der Waals surface area contributed by atoms with Gasteiger partial charge in [0, 0.05) is 6.54 Å². The van der Waals surface area contributed by atoms with Gasteiger partial charge in [0.15, 0.2) is 0 Å². The fourth-order valence-electron chi connectivity index (χ4n) is 1.56. The van der Waals surface area contributed by atoms with Gasteiger partial charge < -0.3 is 10.5 Å². The molecular weight excluding hydrogens is 248 g/mol. The molecular formula is C14H11ClN2O. The van der Waals surface area contributed by atoms with Crippen LogP contribution in [0.2, 0.25) is 5.02 Å². The van der Waals surface area contributed by atoms with Crippen LogP contribution in [0.3, 0.4) is 0 Å².